The number of nitrogens with one attached hydrogen (secondary N) is 1. The van der Waals surface area contributed by atoms with Crippen molar-refractivity contribution in [1.82, 2.24) is 5.32 Å². The van der Waals surface area contributed by atoms with Crippen LogP contribution in [0.1, 0.15) is 20.9 Å². The van der Waals surface area contributed by atoms with Gasteiger partial charge in [0.25, 0.3) is 0 Å². The van der Waals surface area contributed by atoms with E-state index in [1.54, 1.807) is 0 Å². The summed E-state index contributed by atoms with van der Waals surface area (Å²) in [7, 11) is 0. The highest BCUT2D eigenvalue weighted by Gasteiger charge is 2.03. The fourth-order valence-electron chi connectivity index (χ4n) is 2.02. The Bertz CT molecular complexity index is 557. The maximum atomic E-state index is 5.79. The average molecular weight is 354 g/mol. The van der Waals surface area contributed by atoms with Crippen molar-refractivity contribution in [2.75, 3.05) is 13.2 Å². The lowest BCUT2D eigenvalue weighted by molar-refractivity contribution is 0.313. The van der Waals surface area contributed by atoms with Crippen LogP contribution in [0.2, 0.25) is 0 Å². The number of ether oxygens (including phenoxy) is 1. The van der Waals surface area contributed by atoms with Crippen molar-refractivity contribution in [1.29, 1.82) is 0 Å². The van der Waals surface area contributed by atoms with Gasteiger partial charge < -0.3 is 10.1 Å². The van der Waals surface area contributed by atoms with Gasteiger partial charge in [0, 0.05) is 27.3 Å². The summed E-state index contributed by atoms with van der Waals surface area (Å²) in [6.45, 7) is 8.76. The molecule has 2 aromatic rings. The topological polar surface area (TPSA) is 21.3 Å². The molecule has 108 valence electrons. The highest BCUT2D eigenvalue weighted by molar-refractivity contribution is 9.10. The second kappa shape index (κ2) is 7.25. The molecule has 1 heterocycles. The molecule has 2 nitrogen and oxygen atoms in total. The summed E-state index contributed by atoms with van der Waals surface area (Å²) in [5.41, 5.74) is 2.42. The molecule has 0 spiro atoms. The molecule has 0 amide bonds. The Kier molecular flexibility index (Phi) is 5.64. The monoisotopic (exact) mass is 353 g/mol. The lowest BCUT2D eigenvalue weighted by Gasteiger charge is -2.10. The fourth-order valence-corrected chi connectivity index (χ4v) is 3.11. The van der Waals surface area contributed by atoms with Crippen molar-refractivity contribution in [3.8, 4) is 5.75 Å². The first kappa shape index (κ1) is 15.5. The van der Waals surface area contributed by atoms with E-state index in [9.17, 15) is 0 Å². The summed E-state index contributed by atoms with van der Waals surface area (Å²) >= 11 is 5.41. The smallest absolute Gasteiger partial charge is 0.119 e. The highest BCUT2D eigenvalue weighted by Crippen LogP contribution is 2.26. The largest absolute Gasteiger partial charge is 0.492 e. The minimum Gasteiger partial charge on any atom is -0.492 e. The molecule has 0 saturated carbocycles. The molecule has 0 aliphatic heterocycles. The molecule has 4 heteroatoms. The van der Waals surface area contributed by atoms with Crippen molar-refractivity contribution < 1.29 is 4.74 Å². The molecule has 0 aliphatic carbocycles. The Balaban J connectivity index is 1.73. The van der Waals surface area contributed by atoms with Gasteiger partial charge in [-0.2, -0.15) is 0 Å². The van der Waals surface area contributed by atoms with Crippen LogP contribution in [-0.2, 0) is 6.54 Å². The molecule has 1 N–H and O–H groups in total. The summed E-state index contributed by atoms with van der Waals surface area (Å²) in [5, 5.41) is 3.40. The van der Waals surface area contributed by atoms with E-state index in [4.69, 9.17) is 4.74 Å². The van der Waals surface area contributed by atoms with Gasteiger partial charge in [-0.25, -0.2) is 0 Å². The van der Waals surface area contributed by atoms with Crippen LogP contribution in [-0.4, -0.2) is 13.2 Å². The van der Waals surface area contributed by atoms with Gasteiger partial charge in [0.05, 0.1) is 0 Å². The van der Waals surface area contributed by atoms with Crippen molar-refractivity contribution in [2.45, 2.75) is 27.3 Å². The molecular weight excluding hydrogens is 334 g/mol. The molecule has 0 radical (unpaired) electrons. The van der Waals surface area contributed by atoms with Crippen molar-refractivity contribution >= 4 is 27.3 Å². The fraction of sp³-hybridized carbons (Fsp3) is 0.375. The lowest BCUT2D eigenvalue weighted by Crippen LogP contribution is -2.20. The number of benzene rings is 1. The van der Waals surface area contributed by atoms with Crippen LogP contribution in [0.25, 0.3) is 0 Å². The number of halogens is 1. The Labute approximate surface area is 133 Å². The van der Waals surface area contributed by atoms with Crippen molar-refractivity contribution in [3.05, 3.63) is 49.6 Å². The Hall–Kier alpha value is -0.840. The minimum atomic E-state index is 0.685. The van der Waals surface area contributed by atoms with E-state index < -0.39 is 0 Å². The maximum Gasteiger partial charge on any atom is 0.119 e. The van der Waals surface area contributed by atoms with E-state index in [0.29, 0.717) is 6.61 Å². The minimum absolute atomic E-state index is 0.685. The molecular formula is C16H20BrNOS. The molecule has 2 rings (SSSR count). The SMILES string of the molecule is Cc1ccc(CNCCOc2cc(C)c(Br)c(C)c2)s1. The molecule has 0 bridgehead atoms. The molecule has 0 saturated heterocycles. The Morgan fingerprint density at radius 3 is 2.45 bits per heavy atom. The van der Waals surface area contributed by atoms with Crippen LogP contribution < -0.4 is 10.1 Å². The van der Waals surface area contributed by atoms with Crippen LogP contribution in [0.3, 0.4) is 0 Å². The zero-order valence-corrected chi connectivity index (χ0v) is 14.5. The van der Waals surface area contributed by atoms with E-state index in [1.807, 2.05) is 11.3 Å². The number of hydrogen-bond donors (Lipinski definition) is 1. The number of thiophene rings is 1. The first-order chi connectivity index (χ1) is 9.56. The van der Waals surface area contributed by atoms with Crippen LogP contribution in [0.5, 0.6) is 5.75 Å². The van der Waals surface area contributed by atoms with Gasteiger partial charge in [0.15, 0.2) is 0 Å². The van der Waals surface area contributed by atoms with Crippen LogP contribution >= 0.6 is 27.3 Å². The molecule has 1 aromatic heterocycles. The molecule has 0 aliphatic rings. The quantitative estimate of drug-likeness (QED) is 0.766. The summed E-state index contributed by atoms with van der Waals surface area (Å²) in [5.74, 6) is 0.942. The predicted octanol–water partition coefficient (Wildman–Crippen LogP) is 4.60. The van der Waals surface area contributed by atoms with Gasteiger partial charge >= 0.3 is 0 Å². The third-order valence-corrected chi connectivity index (χ3v) is 5.30. The molecule has 0 unspecified atom stereocenters. The van der Waals surface area contributed by atoms with E-state index >= 15 is 0 Å². The number of hydrogen-bond acceptors (Lipinski definition) is 3. The van der Waals surface area contributed by atoms with Gasteiger partial charge in [0.2, 0.25) is 0 Å². The number of aryl methyl sites for hydroxylation is 3. The second-order valence-electron chi connectivity index (χ2n) is 4.91. The van der Waals surface area contributed by atoms with Crippen molar-refractivity contribution in [2.24, 2.45) is 0 Å². The van der Waals surface area contributed by atoms with E-state index in [-0.39, 0.29) is 0 Å². The van der Waals surface area contributed by atoms with Gasteiger partial charge in [-0.1, -0.05) is 15.9 Å². The molecule has 0 atom stereocenters. The molecule has 1 aromatic carbocycles. The normalized spacial score (nSPS) is 10.8. The maximum absolute atomic E-state index is 5.79. The highest BCUT2D eigenvalue weighted by atomic mass is 79.9. The van der Waals surface area contributed by atoms with Crippen LogP contribution in [0.4, 0.5) is 0 Å². The third-order valence-electron chi connectivity index (χ3n) is 3.05. The van der Waals surface area contributed by atoms with Crippen LogP contribution in [0, 0.1) is 20.8 Å². The molecule has 20 heavy (non-hydrogen) atoms. The van der Waals surface area contributed by atoms with Crippen molar-refractivity contribution in [3.63, 3.8) is 0 Å². The van der Waals surface area contributed by atoms with Gasteiger partial charge in [0.1, 0.15) is 12.4 Å². The summed E-state index contributed by atoms with van der Waals surface area (Å²) in [6.07, 6.45) is 0. The van der Waals surface area contributed by atoms with E-state index in [2.05, 4.69) is 66.3 Å². The number of rotatable bonds is 6. The van der Waals surface area contributed by atoms with Crippen LogP contribution in [0.15, 0.2) is 28.7 Å². The zero-order chi connectivity index (χ0) is 14.5. The first-order valence-electron chi connectivity index (χ1n) is 6.72. The predicted molar refractivity (Wildman–Crippen MR) is 89.9 cm³/mol. The standard InChI is InChI=1S/C16H20BrNOS/c1-11-8-14(9-12(2)16(11)17)19-7-6-18-10-15-5-4-13(3)20-15/h4-5,8-9,18H,6-7,10H2,1-3H3. The average Bonchev–Trinajstić information content (AvgIpc) is 2.81. The lowest BCUT2D eigenvalue weighted by atomic mass is 10.1. The summed E-state index contributed by atoms with van der Waals surface area (Å²) in [6, 6.07) is 8.47. The molecule has 0 fully saturated rings. The zero-order valence-electron chi connectivity index (χ0n) is 12.1. The van der Waals surface area contributed by atoms with E-state index in [0.717, 1.165) is 23.3 Å². The first-order valence-corrected chi connectivity index (χ1v) is 8.33. The van der Waals surface area contributed by atoms with Gasteiger partial charge in [-0.15, -0.1) is 11.3 Å². The van der Waals surface area contributed by atoms with Gasteiger partial charge in [-0.3, -0.25) is 0 Å². The van der Waals surface area contributed by atoms with E-state index in [1.165, 1.54) is 20.9 Å². The Morgan fingerprint density at radius 2 is 1.85 bits per heavy atom. The summed E-state index contributed by atoms with van der Waals surface area (Å²) in [4.78, 5) is 2.73. The van der Waals surface area contributed by atoms with Gasteiger partial charge in [-0.05, 0) is 56.2 Å². The third kappa shape index (κ3) is 4.33. The Morgan fingerprint density at radius 1 is 1.15 bits per heavy atom. The second-order valence-corrected chi connectivity index (χ2v) is 7.07. The summed E-state index contributed by atoms with van der Waals surface area (Å²) < 4.78 is 6.95.